The number of nitrogens with one attached hydrogen (secondary N) is 1. The molecule has 1 nitrogen and oxygen atoms in total. The van der Waals surface area contributed by atoms with Crippen LogP contribution >= 0.6 is 22.9 Å². The summed E-state index contributed by atoms with van der Waals surface area (Å²) in [6, 6.07) is 13.3. The average molecular weight is 306 g/mol. The summed E-state index contributed by atoms with van der Waals surface area (Å²) in [7, 11) is 0. The second-order valence-electron chi connectivity index (χ2n) is 5.50. The van der Waals surface area contributed by atoms with Gasteiger partial charge >= 0.3 is 0 Å². The quantitative estimate of drug-likeness (QED) is 0.803. The zero-order valence-corrected chi connectivity index (χ0v) is 13.3. The first kappa shape index (κ1) is 14.1. The molecule has 0 amide bonds. The van der Waals surface area contributed by atoms with Gasteiger partial charge in [0.1, 0.15) is 0 Å². The topological polar surface area (TPSA) is 12.0 Å². The molecule has 1 heterocycles. The Morgan fingerprint density at radius 1 is 1.25 bits per heavy atom. The first-order valence-corrected chi connectivity index (χ1v) is 8.55. The molecule has 1 aromatic heterocycles. The molecule has 0 saturated heterocycles. The van der Waals surface area contributed by atoms with Gasteiger partial charge in [-0.2, -0.15) is 0 Å². The third kappa shape index (κ3) is 2.30. The van der Waals surface area contributed by atoms with Gasteiger partial charge < -0.3 is 5.32 Å². The Kier molecular flexibility index (Phi) is 4.16. The van der Waals surface area contributed by atoms with E-state index in [0.717, 1.165) is 11.6 Å². The molecule has 2 aromatic rings. The number of hydrogen-bond donors (Lipinski definition) is 1. The van der Waals surface area contributed by atoms with Gasteiger partial charge in [-0.3, -0.25) is 0 Å². The van der Waals surface area contributed by atoms with Crippen molar-refractivity contribution in [3.8, 4) is 0 Å². The van der Waals surface area contributed by atoms with Gasteiger partial charge in [-0.05, 0) is 36.4 Å². The third-order valence-corrected chi connectivity index (χ3v) is 5.89. The molecule has 3 rings (SSSR count). The van der Waals surface area contributed by atoms with Crippen LogP contribution in [0, 0.1) is 0 Å². The van der Waals surface area contributed by atoms with Crippen LogP contribution in [-0.4, -0.2) is 6.54 Å². The zero-order valence-electron chi connectivity index (χ0n) is 11.7. The Labute approximate surface area is 130 Å². The van der Waals surface area contributed by atoms with Crippen molar-refractivity contribution in [3.05, 3.63) is 57.2 Å². The van der Waals surface area contributed by atoms with Crippen molar-refractivity contribution in [2.75, 3.05) is 6.54 Å². The summed E-state index contributed by atoms with van der Waals surface area (Å²) in [6.45, 7) is 3.14. The number of halogens is 1. The molecule has 1 unspecified atom stereocenters. The summed E-state index contributed by atoms with van der Waals surface area (Å²) >= 11 is 8.19. The SMILES string of the molecule is CCNC(c1sccc1Cl)C1(c2ccccc2)CCC1. The van der Waals surface area contributed by atoms with Crippen molar-refractivity contribution in [2.45, 2.75) is 37.6 Å². The Bertz CT molecular complexity index is 559. The number of thiophene rings is 1. The lowest BCUT2D eigenvalue weighted by molar-refractivity contribution is 0.173. The summed E-state index contributed by atoms with van der Waals surface area (Å²) < 4.78 is 0. The minimum atomic E-state index is 0.214. The Morgan fingerprint density at radius 2 is 2.00 bits per heavy atom. The van der Waals surface area contributed by atoms with E-state index in [1.165, 1.54) is 29.7 Å². The fourth-order valence-electron chi connectivity index (χ4n) is 3.33. The molecular formula is C17H20ClNS. The summed E-state index contributed by atoms with van der Waals surface area (Å²) in [5.41, 5.74) is 1.66. The van der Waals surface area contributed by atoms with Gasteiger partial charge in [-0.1, -0.05) is 55.3 Å². The molecule has 1 N–H and O–H groups in total. The molecule has 1 fully saturated rings. The molecular weight excluding hydrogens is 286 g/mol. The van der Waals surface area contributed by atoms with Gasteiger partial charge in [0.2, 0.25) is 0 Å². The number of likely N-dealkylation sites (N-methyl/N-ethyl adjacent to an activating group) is 1. The van der Waals surface area contributed by atoms with Gasteiger partial charge in [-0.15, -0.1) is 11.3 Å². The van der Waals surface area contributed by atoms with E-state index in [9.17, 15) is 0 Å². The van der Waals surface area contributed by atoms with E-state index in [0.29, 0.717) is 6.04 Å². The minimum absolute atomic E-state index is 0.214. The Morgan fingerprint density at radius 3 is 2.50 bits per heavy atom. The standard InChI is InChI=1S/C17H20ClNS/c1-2-19-16(15-14(18)9-12-20-15)17(10-6-11-17)13-7-4-3-5-8-13/h3-5,7-9,12,16,19H,2,6,10-11H2,1H3. The summed E-state index contributed by atoms with van der Waals surface area (Å²) in [4.78, 5) is 1.29. The van der Waals surface area contributed by atoms with Crippen LogP contribution in [0.15, 0.2) is 41.8 Å². The van der Waals surface area contributed by atoms with Crippen molar-refractivity contribution in [1.82, 2.24) is 5.32 Å². The van der Waals surface area contributed by atoms with E-state index < -0.39 is 0 Å². The smallest absolute Gasteiger partial charge is 0.0561 e. The van der Waals surface area contributed by atoms with Crippen LogP contribution in [-0.2, 0) is 5.41 Å². The Balaban J connectivity index is 2.03. The number of benzene rings is 1. The van der Waals surface area contributed by atoms with E-state index in [1.54, 1.807) is 11.3 Å². The van der Waals surface area contributed by atoms with Gasteiger partial charge in [0.25, 0.3) is 0 Å². The highest BCUT2D eigenvalue weighted by molar-refractivity contribution is 7.10. The summed E-state index contributed by atoms with van der Waals surface area (Å²) in [6.07, 6.45) is 3.78. The lowest BCUT2D eigenvalue weighted by Gasteiger charge is -2.48. The highest BCUT2D eigenvalue weighted by Crippen LogP contribution is 2.53. The van der Waals surface area contributed by atoms with Gasteiger partial charge in [0.05, 0.1) is 11.1 Å². The van der Waals surface area contributed by atoms with Crippen molar-refractivity contribution in [2.24, 2.45) is 0 Å². The van der Waals surface area contributed by atoms with Crippen molar-refractivity contribution in [1.29, 1.82) is 0 Å². The number of hydrogen-bond acceptors (Lipinski definition) is 2. The van der Waals surface area contributed by atoms with Gasteiger partial charge in [-0.25, -0.2) is 0 Å². The monoisotopic (exact) mass is 305 g/mol. The van der Waals surface area contributed by atoms with Crippen LogP contribution in [0.1, 0.15) is 42.7 Å². The van der Waals surface area contributed by atoms with E-state index in [-0.39, 0.29) is 5.41 Å². The van der Waals surface area contributed by atoms with Crippen LogP contribution in [0.25, 0.3) is 0 Å². The highest BCUT2D eigenvalue weighted by atomic mass is 35.5. The molecule has 1 aromatic carbocycles. The van der Waals surface area contributed by atoms with E-state index in [1.807, 2.05) is 6.07 Å². The first-order chi connectivity index (χ1) is 9.78. The predicted molar refractivity (Wildman–Crippen MR) is 87.7 cm³/mol. The maximum absolute atomic E-state index is 6.42. The highest BCUT2D eigenvalue weighted by Gasteiger charge is 2.46. The van der Waals surface area contributed by atoms with Crippen LogP contribution in [0.2, 0.25) is 5.02 Å². The molecule has 106 valence electrons. The first-order valence-electron chi connectivity index (χ1n) is 7.30. The lowest BCUT2D eigenvalue weighted by atomic mass is 9.59. The molecule has 20 heavy (non-hydrogen) atoms. The fraction of sp³-hybridized carbons (Fsp3) is 0.412. The third-order valence-electron chi connectivity index (χ3n) is 4.46. The maximum Gasteiger partial charge on any atom is 0.0561 e. The second kappa shape index (κ2) is 5.88. The van der Waals surface area contributed by atoms with Crippen LogP contribution < -0.4 is 5.32 Å². The van der Waals surface area contributed by atoms with Crippen LogP contribution in [0.5, 0.6) is 0 Å². The van der Waals surface area contributed by atoms with Crippen LogP contribution in [0.4, 0.5) is 0 Å². The molecule has 1 atom stereocenters. The molecule has 0 aliphatic heterocycles. The molecule has 1 aliphatic rings. The van der Waals surface area contributed by atoms with E-state index >= 15 is 0 Å². The predicted octanol–water partition coefficient (Wildman–Crippen LogP) is 5.17. The second-order valence-corrected chi connectivity index (χ2v) is 6.85. The Hall–Kier alpha value is -0.830. The maximum atomic E-state index is 6.42. The van der Waals surface area contributed by atoms with Crippen LogP contribution in [0.3, 0.4) is 0 Å². The molecule has 3 heteroatoms. The summed E-state index contributed by atoms with van der Waals surface area (Å²) in [5.74, 6) is 0. The normalized spacial score (nSPS) is 18.5. The molecule has 0 bridgehead atoms. The molecule has 0 radical (unpaired) electrons. The van der Waals surface area contributed by atoms with Crippen molar-refractivity contribution in [3.63, 3.8) is 0 Å². The fourth-order valence-corrected chi connectivity index (χ4v) is 4.68. The molecule has 0 spiro atoms. The van der Waals surface area contributed by atoms with Gasteiger partial charge in [0.15, 0.2) is 0 Å². The largest absolute Gasteiger partial charge is 0.309 e. The van der Waals surface area contributed by atoms with Gasteiger partial charge in [0, 0.05) is 10.3 Å². The van der Waals surface area contributed by atoms with E-state index in [2.05, 4.69) is 48.0 Å². The van der Waals surface area contributed by atoms with Crippen molar-refractivity contribution >= 4 is 22.9 Å². The molecule has 1 saturated carbocycles. The molecule has 1 aliphatic carbocycles. The summed E-state index contributed by atoms with van der Waals surface area (Å²) in [5, 5.41) is 6.70. The zero-order chi connectivity index (χ0) is 14.0. The van der Waals surface area contributed by atoms with E-state index in [4.69, 9.17) is 11.6 Å². The minimum Gasteiger partial charge on any atom is -0.309 e. The van der Waals surface area contributed by atoms with Crippen molar-refractivity contribution < 1.29 is 0 Å². The average Bonchev–Trinajstić information content (AvgIpc) is 2.84. The number of rotatable bonds is 5. The lowest BCUT2D eigenvalue weighted by Crippen LogP contribution is -2.46.